The third kappa shape index (κ3) is 5.37. The average Bonchev–Trinajstić information content (AvgIpc) is 3.64. The summed E-state index contributed by atoms with van der Waals surface area (Å²) in [6, 6.07) is 66.6. The van der Waals surface area contributed by atoms with Crippen molar-refractivity contribution in [3.63, 3.8) is 0 Å². The third-order valence-electron chi connectivity index (χ3n) is 13.3. The molecular formula is C56H42N4S. The van der Waals surface area contributed by atoms with Crippen molar-refractivity contribution in [3.8, 4) is 22.3 Å². The van der Waals surface area contributed by atoms with E-state index in [0.717, 1.165) is 54.8 Å². The van der Waals surface area contributed by atoms with E-state index in [1.165, 1.54) is 55.3 Å². The summed E-state index contributed by atoms with van der Waals surface area (Å²) >= 11 is 1.72. The van der Waals surface area contributed by atoms with E-state index < -0.39 is 0 Å². The minimum atomic E-state index is -0.113. The topological polar surface area (TPSA) is 32.3 Å². The zero-order valence-corrected chi connectivity index (χ0v) is 35.3. The highest BCUT2D eigenvalue weighted by molar-refractivity contribution is 7.25. The Morgan fingerprint density at radius 1 is 0.410 bits per heavy atom. The maximum Gasteiger partial charge on any atom is 0.143 e. The Hall–Kier alpha value is -7.08. The van der Waals surface area contributed by atoms with Crippen LogP contribution in [0.15, 0.2) is 182 Å². The molecule has 5 heteroatoms. The Labute approximate surface area is 360 Å². The van der Waals surface area contributed by atoms with Gasteiger partial charge >= 0.3 is 0 Å². The van der Waals surface area contributed by atoms with Gasteiger partial charge in [0.25, 0.3) is 0 Å². The van der Waals surface area contributed by atoms with Crippen LogP contribution < -0.4 is 9.80 Å². The molecule has 0 unspecified atom stereocenters. The molecule has 0 aliphatic carbocycles. The first-order chi connectivity index (χ1) is 29.8. The molecule has 2 aromatic heterocycles. The standard InChI is InChI=1S/C56H42N4S/c1-55(2)42-15-5-11-21-48(42)59(49-22-12-6-16-43(49)55)37-29-25-35(26-30-37)39-33-41-52(61-54-53(41)57-46-19-9-10-20-47(46)58-54)34-40(39)36-27-31-38(32-28-36)60-50-23-13-7-17-44(50)56(3,4)45-18-8-14-24-51(45)60/h5-34H,1-4H3. The van der Waals surface area contributed by atoms with Gasteiger partial charge in [-0.3, -0.25) is 0 Å². The highest BCUT2D eigenvalue weighted by Gasteiger charge is 2.38. The van der Waals surface area contributed by atoms with Crippen molar-refractivity contribution in [1.82, 2.24) is 9.97 Å². The molecule has 0 saturated carbocycles. The number of nitrogens with zero attached hydrogens (tertiary/aromatic N) is 4. The number of fused-ring (bicyclic) bond motifs is 8. The second kappa shape index (κ2) is 13.2. The molecule has 2 aliphatic rings. The molecule has 0 spiro atoms. The Kier molecular flexibility index (Phi) is 7.76. The highest BCUT2D eigenvalue weighted by Crippen LogP contribution is 2.54. The minimum Gasteiger partial charge on any atom is -0.310 e. The molecule has 4 nitrogen and oxygen atoms in total. The molecular weight excluding hydrogens is 761 g/mol. The van der Waals surface area contributed by atoms with Gasteiger partial charge in [0.2, 0.25) is 0 Å². The largest absolute Gasteiger partial charge is 0.310 e. The lowest BCUT2D eigenvalue weighted by Gasteiger charge is -2.42. The lowest BCUT2D eigenvalue weighted by Crippen LogP contribution is -2.30. The SMILES string of the molecule is CC1(C)c2ccccc2N(c2ccc(-c3cc4sc5nc6ccccc6nc5c4cc3-c3ccc(N4c5ccccc5C(C)(C)c5ccccc54)cc3)cc2)c2ccccc21. The molecule has 292 valence electrons. The van der Waals surface area contributed by atoms with Gasteiger partial charge in [-0.1, -0.05) is 137 Å². The number of aromatic nitrogens is 2. The first kappa shape index (κ1) is 35.8. The predicted molar refractivity (Wildman–Crippen MR) is 257 cm³/mol. The molecule has 0 N–H and O–H groups in total. The van der Waals surface area contributed by atoms with Crippen molar-refractivity contribution in [2.24, 2.45) is 0 Å². The quantitative estimate of drug-likeness (QED) is 0.177. The molecule has 0 fully saturated rings. The molecule has 8 aromatic carbocycles. The summed E-state index contributed by atoms with van der Waals surface area (Å²) in [5.74, 6) is 0. The average molecular weight is 803 g/mol. The van der Waals surface area contributed by atoms with Crippen molar-refractivity contribution in [2.45, 2.75) is 38.5 Å². The predicted octanol–water partition coefficient (Wildman–Crippen LogP) is 15.5. The zero-order valence-electron chi connectivity index (χ0n) is 34.5. The lowest BCUT2D eigenvalue weighted by molar-refractivity contribution is 0.632. The van der Waals surface area contributed by atoms with Crippen molar-refractivity contribution >= 4 is 76.9 Å². The second-order valence-corrected chi connectivity index (χ2v) is 18.5. The smallest absolute Gasteiger partial charge is 0.143 e. The molecule has 12 rings (SSSR count). The summed E-state index contributed by atoms with van der Waals surface area (Å²) in [5.41, 5.74) is 19.7. The summed E-state index contributed by atoms with van der Waals surface area (Å²) in [5, 5.41) is 1.13. The van der Waals surface area contributed by atoms with Crippen molar-refractivity contribution in [3.05, 3.63) is 204 Å². The summed E-state index contributed by atoms with van der Waals surface area (Å²) in [4.78, 5) is 16.1. The number of hydrogen-bond donors (Lipinski definition) is 0. The van der Waals surface area contributed by atoms with Crippen molar-refractivity contribution < 1.29 is 0 Å². The third-order valence-corrected chi connectivity index (χ3v) is 14.3. The summed E-state index contributed by atoms with van der Waals surface area (Å²) < 4.78 is 1.18. The molecule has 2 aliphatic heterocycles. The Balaban J connectivity index is 1.01. The number of hydrogen-bond acceptors (Lipinski definition) is 5. The molecule has 0 amide bonds. The van der Waals surface area contributed by atoms with Gasteiger partial charge in [-0.15, -0.1) is 11.3 Å². The van der Waals surface area contributed by atoms with Gasteiger partial charge in [0.05, 0.1) is 33.8 Å². The van der Waals surface area contributed by atoms with Crippen LogP contribution in [0.3, 0.4) is 0 Å². The van der Waals surface area contributed by atoms with Crippen LogP contribution in [0.25, 0.3) is 53.7 Å². The maximum atomic E-state index is 5.18. The monoisotopic (exact) mass is 802 g/mol. The Morgan fingerprint density at radius 3 is 1.23 bits per heavy atom. The molecule has 61 heavy (non-hydrogen) atoms. The van der Waals surface area contributed by atoms with Crippen LogP contribution in [0.4, 0.5) is 34.1 Å². The van der Waals surface area contributed by atoms with Gasteiger partial charge in [0.15, 0.2) is 0 Å². The number of rotatable bonds is 4. The van der Waals surface area contributed by atoms with Gasteiger partial charge in [0.1, 0.15) is 10.3 Å². The van der Waals surface area contributed by atoms with E-state index in [-0.39, 0.29) is 10.8 Å². The van der Waals surface area contributed by atoms with Gasteiger partial charge in [-0.25, -0.2) is 9.97 Å². The molecule has 0 atom stereocenters. The Bertz CT molecular complexity index is 3280. The van der Waals surface area contributed by atoms with Crippen molar-refractivity contribution in [1.29, 1.82) is 0 Å². The normalized spacial score (nSPS) is 14.8. The number of benzene rings is 8. The number of thiophene rings is 1. The van der Waals surface area contributed by atoms with E-state index in [1.54, 1.807) is 11.3 Å². The van der Waals surface area contributed by atoms with Crippen LogP contribution in [-0.2, 0) is 10.8 Å². The van der Waals surface area contributed by atoms with Crippen LogP contribution in [-0.4, -0.2) is 9.97 Å². The van der Waals surface area contributed by atoms with E-state index in [9.17, 15) is 0 Å². The summed E-state index contributed by atoms with van der Waals surface area (Å²) in [6.07, 6.45) is 0. The van der Waals surface area contributed by atoms with Crippen LogP contribution in [0.5, 0.6) is 0 Å². The van der Waals surface area contributed by atoms with E-state index in [1.807, 2.05) is 18.2 Å². The van der Waals surface area contributed by atoms with Gasteiger partial charge in [0, 0.05) is 32.3 Å². The highest BCUT2D eigenvalue weighted by atomic mass is 32.1. The summed E-state index contributed by atoms with van der Waals surface area (Å²) in [6.45, 7) is 9.34. The fourth-order valence-electron chi connectivity index (χ4n) is 10.1. The molecule has 0 saturated heterocycles. The first-order valence-electron chi connectivity index (χ1n) is 21.1. The second-order valence-electron chi connectivity index (χ2n) is 17.4. The number of anilines is 6. The number of para-hydroxylation sites is 6. The summed E-state index contributed by atoms with van der Waals surface area (Å²) in [7, 11) is 0. The zero-order chi connectivity index (χ0) is 41.0. The minimum absolute atomic E-state index is 0.110. The van der Waals surface area contributed by atoms with Crippen LogP contribution in [0.2, 0.25) is 0 Å². The fraction of sp³-hybridized carbons (Fsp3) is 0.107. The van der Waals surface area contributed by atoms with E-state index in [0.29, 0.717) is 0 Å². The van der Waals surface area contributed by atoms with Gasteiger partial charge < -0.3 is 9.80 Å². The molecule has 0 radical (unpaired) electrons. The van der Waals surface area contributed by atoms with Gasteiger partial charge in [-0.2, -0.15) is 0 Å². The lowest BCUT2D eigenvalue weighted by atomic mass is 9.73. The van der Waals surface area contributed by atoms with Gasteiger partial charge in [-0.05, 0) is 117 Å². The van der Waals surface area contributed by atoms with Crippen molar-refractivity contribution in [2.75, 3.05) is 9.80 Å². The fourth-order valence-corrected chi connectivity index (χ4v) is 11.2. The van der Waals surface area contributed by atoms with Crippen LogP contribution >= 0.6 is 11.3 Å². The van der Waals surface area contributed by atoms with E-state index in [2.05, 4.69) is 201 Å². The van der Waals surface area contributed by atoms with Crippen LogP contribution in [0, 0.1) is 0 Å². The molecule has 4 heterocycles. The van der Waals surface area contributed by atoms with E-state index >= 15 is 0 Å². The maximum absolute atomic E-state index is 5.18. The molecule has 10 aromatic rings. The Morgan fingerprint density at radius 2 is 0.787 bits per heavy atom. The first-order valence-corrected chi connectivity index (χ1v) is 21.9. The molecule has 0 bridgehead atoms. The van der Waals surface area contributed by atoms with E-state index in [4.69, 9.17) is 9.97 Å². The van der Waals surface area contributed by atoms with Crippen LogP contribution in [0.1, 0.15) is 49.9 Å².